The summed E-state index contributed by atoms with van der Waals surface area (Å²) < 4.78 is 4.95. The first-order valence-corrected chi connectivity index (χ1v) is 13.0. The second-order valence-electron chi connectivity index (χ2n) is 9.60. The van der Waals surface area contributed by atoms with Gasteiger partial charge in [0.1, 0.15) is 0 Å². The number of imide groups is 2. The first-order valence-electron chi connectivity index (χ1n) is 11.5. The summed E-state index contributed by atoms with van der Waals surface area (Å²) in [5.41, 5.74) is 0.437. The van der Waals surface area contributed by atoms with Crippen LogP contribution in [0.2, 0.25) is 20.1 Å². The minimum Gasteiger partial charge on any atom is -0.466 e. The lowest BCUT2D eigenvalue weighted by Gasteiger charge is -2.46. The summed E-state index contributed by atoms with van der Waals surface area (Å²) in [4.78, 5) is 69.9. The lowest BCUT2D eigenvalue weighted by Crippen LogP contribution is -2.53. The Morgan fingerprint density at radius 1 is 0.632 bits per heavy atom. The van der Waals surface area contributed by atoms with E-state index in [1.54, 1.807) is 0 Å². The van der Waals surface area contributed by atoms with Crippen LogP contribution >= 0.6 is 46.4 Å². The van der Waals surface area contributed by atoms with Crippen molar-refractivity contribution in [3.8, 4) is 0 Å². The molecule has 38 heavy (non-hydrogen) atoms. The lowest BCUT2D eigenvalue weighted by molar-refractivity contribution is -0.145. The molecule has 4 atom stereocenters. The van der Waals surface area contributed by atoms with Crippen molar-refractivity contribution in [2.75, 3.05) is 16.9 Å². The van der Waals surface area contributed by atoms with Crippen molar-refractivity contribution in [3.63, 3.8) is 0 Å². The molecule has 5 aliphatic rings. The van der Waals surface area contributed by atoms with Gasteiger partial charge in [-0.1, -0.05) is 52.5 Å². The zero-order valence-electron chi connectivity index (χ0n) is 19.4. The van der Waals surface area contributed by atoms with E-state index in [9.17, 15) is 24.0 Å². The number of carbonyl (C=O) groups is 5. The zero-order valence-corrected chi connectivity index (χ0v) is 22.4. The Morgan fingerprint density at radius 3 is 1.37 bits per heavy atom. The number of allylic oxidation sites excluding steroid dienone is 1. The molecule has 7 rings (SSSR count). The molecule has 2 aromatic rings. The Labute approximate surface area is 236 Å². The van der Waals surface area contributed by atoms with Crippen molar-refractivity contribution in [2.24, 2.45) is 35.5 Å². The fraction of sp³-hybridized carbons (Fsp3) is 0.269. The van der Waals surface area contributed by atoms with Gasteiger partial charge in [0.2, 0.25) is 23.6 Å². The number of esters is 1. The van der Waals surface area contributed by atoms with Crippen molar-refractivity contribution >= 4 is 87.4 Å². The van der Waals surface area contributed by atoms with E-state index in [0.29, 0.717) is 0 Å². The van der Waals surface area contributed by atoms with E-state index in [4.69, 9.17) is 51.1 Å². The topological polar surface area (TPSA) is 101 Å². The molecule has 3 aliphatic carbocycles. The number of carbonyl (C=O) groups excluding carboxylic acids is 5. The molecule has 8 nitrogen and oxygen atoms in total. The predicted molar refractivity (Wildman–Crippen MR) is 139 cm³/mol. The van der Waals surface area contributed by atoms with Crippen molar-refractivity contribution in [2.45, 2.75) is 0 Å². The van der Waals surface area contributed by atoms with E-state index in [0.717, 1.165) is 9.80 Å². The molecule has 4 unspecified atom stereocenters. The van der Waals surface area contributed by atoms with Crippen LogP contribution in [0.4, 0.5) is 11.4 Å². The summed E-state index contributed by atoms with van der Waals surface area (Å²) >= 11 is 24.5. The molecule has 2 heterocycles. The molecule has 0 spiro atoms. The summed E-state index contributed by atoms with van der Waals surface area (Å²) in [6.07, 6.45) is 1.51. The van der Waals surface area contributed by atoms with Gasteiger partial charge in [0, 0.05) is 37.5 Å². The average Bonchev–Trinajstić information content (AvgIpc) is 3.28. The second kappa shape index (κ2) is 8.81. The van der Waals surface area contributed by atoms with Gasteiger partial charge in [-0.3, -0.25) is 19.2 Å². The lowest BCUT2D eigenvalue weighted by atomic mass is 9.52. The molecule has 0 aromatic heterocycles. The van der Waals surface area contributed by atoms with Gasteiger partial charge in [-0.2, -0.15) is 0 Å². The van der Waals surface area contributed by atoms with E-state index >= 15 is 0 Å². The maximum Gasteiger partial charge on any atom is 0.333 e. The Kier molecular flexibility index (Phi) is 5.88. The summed E-state index contributed by atoms with van der Waals surface area (Å²) in [7, 11) is 1.18. The normalized spacial score (nSPS) is 29.6. The summed E-state index contributed by atoms with van der Waals surface area (Å²) in [6.45, 7) is 0. The number of methoxy groups -OCH3 is 1. The Bertz CT molecular complexity index is 1390. The SMILES string of the molecule is COC(=O)C1=CC2C3C(=O)N(c4cc(Cl)cc(Cl)c4)C(=O)C3C1C1C(=O)N(c3cc(Cl)cc(Cl)c3)C(=O)C21. The third-order valence-corrected chi connectivity index (χ3v) is 8.64. The predicted octanol–water partition coefficient (Wildman–Crippen LogP) is 4.57. The number of hydrogen-bond donors (Lipinski definition) is 0. The maximum absolute atomic E-state index is 13.8. The zero-order chi connectivity index (χ0) is 27.2. The quantitative estimate of drug-likeness (QED) is 0.382. The minimum absolute atomic E-state index is 0.0965. The Balaban J connectivity index is 1.48. The Morgan fingerprint density at radius 2 is 1.00 bits per heavy atom. The van der Waals surface area contributed by atoms with Crippen LogP contribution in [0.3, 0.4) is 0 Å². The van der Waals surface area contributed by atoms with Crippen LogP contribution in [-0.4, -0.2) is 36.7 Å². The fourth-order valence-corrected chi connectivity index (χ4v) is 7.55. The van der Waals surface area contributed by atoms with E-state index < -0.39 is 65.1 Å². The monoisotopic (exact) mass is 592 g/mol. The van der Waals surface area contributed by atoms with Crippen LogP contribution < -0.4 is 9.80 Å². The third kappa shape index (κ3) is 3.47. The van der Waals surface area contributed by atoms with Crippen LogP contribution in [0.25, 0.3) is 0 Å². The highest BCUT2D eigenvalue weighted by molar-refractivity contribution is 6.37. The molecule has 12 heteroatoms. The fourth-order valence-electron chi connectivity index (χ4n) is 6.52. The van der Waals surface area contributed by atoms with Gasteiger partial charge in [-0.05, 0) is 36.4 Å². The highest BCUT2D eigenvalue weighted by Crippen LogP contribution is 2.61. The number of rotatable bonds is 3. The number of benzene rings is 2. The molecule has 2 bridgehead atoms. The molecule has 4 amide bonds. The van der Waals surface area contributed by atoms with E-state index in [1.165, 1.54) is 49.6 Å². The van der Waals surface area contributed by atoms with Gasteiger partial charge < -0.3 is 4.74 Å². The van der Waals surface area contributed by atoms with Gasteiger partial charge in [-0.25, -0.2) is 14.6 Å². The molecule has 0 N–H and O–H groups in total. The van der Waals surface area contributed by atoms with E-state index in [1.807, 2.05) is 0 Å². The van der Waals surface area contributed by atoms with E-state index in [-0.39, 0.29) is 37.0 Å². The van der Waals surface area contributed by atoms with Gasteiger partial charge in [-0.15, -0.1) is 0 Å². The number of anilines is 2. The van der Waals surface area contributed by atoms with Gasteiger partial charge in [0.25, 0.3) is 0 Å². The van der Waals surface area contributed by atoms with Gasteiger partial charge in [0.15, 0.2) is 0 Å². The number of amides is 4. The first kappa shape index (κ1) is 25.4. The summed E-state index contributed by atoms with van der Waals surface area (Å²) in [5, 5.41) is 0.879. The number of halogens is 4. The second-order valence-corrected chi connectivity index (χ2v) is 11.3. The first-order chi connectivity index (χ1) is 18.0. The van der Waals surface area contributed by atoms with E-state index in [2.05, 4.69) is 0 Å². The van der Waals surface area contributed by atoms with Crippen molar-refractivity contribution in [1.29, 1.82) is 0 Å². The van der Waals surface area contributed by atoms with Crippen molar-refractivity contribution < 1.29 is 28.7 Å². The summed E-state index contributed by atoms with van der Waals surface area (Å²) in [6, 6.07) is 8.64. The van der Waals surface area contributed by atoms with Gasteiger partial charge >= 0.3 is 5.97 Å². The molecule has 0 radical (unpaired) electrons. The highest BCUT2D eigenvalue weighted by Gasteiger charge is 2.71. The van der Waals surface area contributed by atoms with Crippen LogP contribution in [0, 0.1) is 35.5 Å². The molecule has 2 saturated heterocycles. The van der Waals surface area contributed by atoms with Crippen molar-refractivity contribution in [1.82, 2.24) is 0 Å². The van der Waals surface area contributed by atoms with Crippen LogP contribution in [0.15, 0.2) is 48.0 Å². The molecule has 2 aliphatic heterocycles. The molecular formula is C26H16Cl4N2O6. The highest BCUT2D eigenvalue weighted by atomic mass is 35.5. The number of nitrogens with zero attached hydrogens (tertiary/aromatic N) is 2. The van der Waals surface area contributed by atoms with Crippen LogP contribution in [0.1, 0.15) is 0 Å². The molecule has 3 fully saturated rings. The molecule has 2 aromatic carbocycles. The summed E-state index contributed by atoms with van der Waals surface area (Å²) in [5.74, 6) is -9.10. The molecule has 194 valence electrons. The van der Waals surface area contributed by atoms with Crippen LogP contribution in [0.5, 0.6) is 0 Å². The Hall–Kier alpha value is -2.91. The maximum atomic E-state index is 13.8. The number of hydrogen-bond acceptors (Lipinski definition) is 6. The molecular weight excluding hydrogens is 578 g/mol. The third-order valence-electron chi connectivity index (χ3n) is 7.76. The smallest absolute Gasteiger partial charge is 0.333 e. The average molecular weight is 594 g/mol. The number of ether oxygens (including phenoxy) is 1. The molecule has 1 saturated carbocycles. The van der Waals surface area contributed by atoms with Crippen molar-refractivity contribution in [3.05, 3.63) is 68.1 Å². The largest absolute Gasteiger partial charge is 0.466 e. The van der Waals surface area contributed by atoms with Gasteiger partial charge in [0.05, 0.1) is 42.2 Å². The minimum atomic E-state index is -1.06. The van der Waals surface area contributed by atoms with Crippen LogP contribution in [-0.2, 0) is 28.7 Å². The standard InChI is InChI=1S/C26H16Cl4N2O6/c1-38-26(37)16-8-15-18-20(24(35)31(22(18)33)13-4-9(27)2-10(28)5-13)17(16)21-19(15)23(34)32(25(21)36)14-6-11(29)3-12(30)7-14/h2-8,15,17-21H,1H3.